The van der Waals surface area contributed by atoms with Crippen molar-refractivity contribution in [1.82, 2.24) is 10.6 Å². The maximum Gasteiger partial charge on any atom is 0.278 e. The first kappa shape index (κ1) is 20.7. The van der Waals surface area contributed by atoms with Crippen molar-refractivity contribution >= 4 is 5.91 Å². The number of rotatable bonds is 7. The zero-order valence-electron chi connectivity index (χ0n) is 15.9. The summed E-state index contributed by atoms with van der Waals surface area (Å²) in [4.78, 5) is 12.2. The number of nitrogens with one attached hydrogen (secondary N) is 1. The number of benzene rings is 2. The first-order valence-corrected chi connectivity index (χ1v) is 8.88. The molecule has 1 heterocycles. The number of aromatic nitrogens is 1. The van der Waals surface area contributed by atoms with Crippen LogP contribution in [0.3, 0.4) is 0 Å². The first-order chi connectivity index (χ1) is 13.8. The molecule has 2 atom stereocenters. The minimum Gasteiger partial charge on any atom is -0.383 e. The predicted molar refractivity (Wildman–Crippen MR) is 101 cm³/mol. The molecule has 0 radical (unpaired) electrons. The molecule has 0 saturated heterocycles. The van der Waals surface area contributed by atoms with Crippen LogP contribution in [0.5, 0.6) is 0 Å². The van der Waals surface area contributed by atoms with E-state index in [1.165, 1.54) is 30.6 Å². The van der Waals surface area contributed by atoms with Gasteiger partial charge in [0.25, 0.3) is 5.91 Å². The van der Waals surface area contributed by atoms with Crippen LogP contribution in [0.25, 0.3) is 11.1 Å². The highest BCUT2D eigenvalue weighted by molar-refractivity contribution is 5.84. The molecule has 0 aliphatic carbocycles. The molecule has 3 aromatic rings. The van der Waals surface area contributed by atoms with Crippen molar-refractivity contribution in [2.45, 2.75) is 32.2 Å². The summed E-state index contributed by atoms with van der Waals surface area (Å²) < 4.78 is 23.7. The topological polar surface area (TPSA) is 105 Å². The summed E-state index contributed by atoms with van der Waals surface area (Å²) >= 11 is 0. The molecular weight excluding hydrogens is 379 g/mol. The average molecular weight is 400 g/mol. The van der Waals surface area contributed by atoms with Gasteiger partial charge in [-0.3, -0.25) is 10.0 Å². The third-order valence-corrected chi connectivity index (χ3v) is 4.67. The molecule has 3 N–H and O–H groups in total. The van der Waals surface area contributed by atoms with Gasteiger partial charge in [0, 0.05) is 6.07 Å². The lowest BCUT2D eigenvalue weighted by Gasteiger charge is -2.31. The van der Waals surface area contributed by atoms with Gasteiger partial charge >= 0.3 is 0 Å². The predicted octanol–water partition coefficient (Wildman–Crippen LogP) is 3.30. The van der Waals surface area contributed by atoms with Gasteiger partial charge in [-0.25, -0.2) is 9.87 Å². The Balaban J connectivity index is 1.75. The summed E-state index contributed by atoms with van der Waals surface area (Å²) in [6, 6.07) is 14.9. The van der Waals surface area contributed by atoms with Crippen molar-refractivity contribution in [1.29, 1.82) is 0 Å². The molecule has 8 heteroatoms. The van der Waals surface area contributed by atoms with E-state index in [1.807, 2.05) is 12.1 Å². The number of carbonyl (C=O) groups is 1. The smallest absolute Gasteiger partial charge is 0.278 e. The third kappa shape index (κ3) is 4.51. The van der Waals surface area contributed by atoms with E-state index in [2.05, 4.69) is 5.16 Å². The van der Waals surface area contributed by atoms with Crippen molar-refractivity contribution < 1.29 is 28.8 Å². The van der Waals surface area contributed by atoms with Crippen LogP contribution in [0.15, 0.2) is 59.1 Å². The van der Waals surface area contributed by atoms with E-state index >= 15 is 0 Å². The largest absolute Gasteiger partial charge is 0.383 e. The molecule has 0 unspecified atom stereocenters. The minimum atomic E-state index is -1.81. The lowest BCUT2D eigenvalue weighted by atomic mass is 9.95. The standard InChI is InChI=1S/C21H21FN2O5/c1-13-11-18(24-29-13)19(25)21(2,20(26)23-27)28-12-14-3-5-15(6-4-14)16-7-9-17(22)10-8-16/h3-11,19,25,27H,12H2,1-2H3,(H,23,26)/t19-,21+/m1/s1. The number of ether oxygens (including phenoxy) is 1. The normalized spacial score (nSPS) is 14.2. The van der Waals surface area contributed by atoms with Gasteiger partial charge in [0.15, 0.2) is 5.60 Å². The fourth-order valence-electron chi connectivity index (χ4n) is 2.85. The zero-order chi connectivity index (χ0) is 21.0. The Labute approximate surface area is 166 Å². The highest BCUT2D eigenvalue weighted by Crippen LogP contribution is 2.31. The van der Waals surface area contributed by atoms with Crippen LogP contribution in [0, 0.1) is 12.7 Å². The quantitative estimate of drug-likeness (QED) is 0.415. The molecule has 152 valence electrons. The van der Waals surface area contributed by atoms with Crippen LogP contribution < -0.4 is 5.48 Å². The summed E-state index contributed by atoms with van der Waals surface area (Å²) in [7, 11) is 0. The maximum absolute atomic E-state index is 13.1. The van der Waals surface area contributed by atoms with Gasteiger partial charge in [0.2, 0.25) is 0 Å². The van der Waals surface area contributed by atoms with Gasteiger partial charge in [0.1, 0.15) is 23.4 Å². The number of hydroxylamine groups is 1. The van der Waals surface area contributed by atoms with E-state index in [9.17, 15) is 14.3 Å². The van der Waals surface area contributed by atoms with Gasteiger partial charge < -0.3 is 14.4 Å². The summed E-state index contributed by atoms with van der Waals surface area (Å²) in [5, 5.41) is 23.4. The molecule has 0 fully saturated rings. The number of amides is 1. The van der Waals surface area contributed by atoms with E-state index in [0.717, 1.165) is 16.7 Å². The van der Waals surface area contributed by atoms with Crippen molar-refractivity contribution in [3.8, 4) is 11.1 Å². The van der Waals surface area contributed by atoms with Gasteiger partial charge in [-0.2, -0.15) is 0 Å². The zero-order valence-corrected chi connectivity index (χ0v) is 15.9. The van der Waals surface area contributed by atoms with Crippen LogP contribution in [0.4, 0.5) is 4.39 Å². The number of nitrogens with zero attached hydrogens (tertiary/aromatic N) is 1. The fourth-order valence-corrected chi connectivity index (χ4v) is 2.85. The molecule has 2 aromatic carbocycles. The SMILES string of the molecule is Cc1cc([C@@H](O)[C@](C)(OCc2ccc(-c3ccc(F)cc3)cc2)C(=O)NO)no1. The Morgan fingerprint density at radius 1 is 1.21 bits per heavy atom. The molecule has 0 aliphatic rings. The summed E-state index contributed by atoms with van der Waals surface area (Å²) in [6.45, 7) is 2.98. The van der Waals surface area contributed by atoms with E-state index in [-0.39, 0.29) is 18.1 Å². The van der Waals surface area contributed by atoms with E-state index in [1.54, 1.807) is 31.2 Å². The maximum atomic E-state index is 13.1. The summed E-state index contributed by atoms with van der Waals surface area (Å²) in [5.41, 5.74) is 2.31. The molecule has 3 rings (SSSR count). The van der Waals surface area contributed by atoms with E-state index < -0.39 is 17.6 Å². The van der Waals surface area contributed by atoms with E-state index in [0.29, 0.717) is 5.76 Å². The molecule has 0 saturated carbocycles. The van der Waals surface area contributed by atoms with Crippen LogP contribution in [0.2, 0.25) is 0 Å². The van der Waals surface area contributed by atoms with Crippen molar-refractivity contribution in [2.24, 2.45) is 0 Å². The van der Waals surface area contributed by atoms with E-state index in [4.69, 9.17) is 14.5 Å². The summed E-state index contributed by atoms with van der Waals surface area (Å²) in [6.07, 6.45) is -1.47. The molecule has 1 aromatic heterocycles. The van der Waals surface area contributed by atoms with Gasteiger partial charge in [-0.1, -0.05) is 41.6 Å². The van der Waals surface area contributed by atoms with Crippen LogP contribution in [-0.4, -0.2) is 27.0 Å². The Hall–Kier alpha value is -3.07. The number of carbonyl (C=O) groups excluding carboxylic acids is 1. The number of halogens is 1. The minimum absolute atomic E-state index is 0.0124. The molecule has 29 heavy (non-hydrogen) atoms. The summed E-state index contributed by atoms with van der Waals surface area (Å²) in [5.74, 6) is -0.767. The molecular formula is C21H21FN2O5. The van der Waals surface area contributed by atoms with Crippen molar-refractivity contribution in [3.63, 3.8) is 0 Å². The van der Waals surface area contributed by atoms with Gasteiger partial charge in [0.05, 0.1) is 6.61 Å². The number of hydrogen-bond acceptors (Lipinski definition) is 6. The number of aryl methyl sites for hydroxylation is 1. The van der Waals surface area contributed by atoms with Crippen LogP contribution in [0.1, 0.15) is 30.0 Å². The van der Waals surface area contributed by atoms with Gasteiger partial charge in [-0.15, -0.1) is 0 Å². The fraction of sp³-hybridized carbons (Fsp3) is 0.238. The lowest BCUT2D eigenvalue weighted by Crippen LogP contribution is -2.50. The van der Waals surface area contributed by atoms with Crippen LogP contribution >= 0.6 is 0 Å². The first-order valence-electron chi connectivity index (χ1n) is 8.88. The lowest BCUT2D eigenvalue weighted by molar-refractivity contribution is -0.174. The molecule has 0 spiro atoms. The number of aliphatic hydroxyl groups is 1. The number of aliphatic hydroxyl groups excluding tert-OH is 1. The molecule has 1 amide bonds. The van der Waals surface area contributed by atoms with Crippen molar-refractivity contribution in [3.05, 3.63) is 77.4 Å². The second-order valence-corrected chi connectivity index (χ2v) is 6.81. The Morgan fingerprint density at radius 3 is 2.31 bits per heavy atom. The Bertz CT molecular complexity index is 971. The second-order valence-electron chi connectivity index (χ2n) is 6.81. The molecule has 0 bridgehead atoms. The van der Waals surface area contributed by atoms with Crippen molar-refractivity contribution in [2.75, 3.05) is 0 Å². The molecule has 7 nitrogen and oxygen atoms in total. The highest BCUT2D eigenvalue weighted by atomic mass is 19.1. The monoisotopic (exact) mass is 400 g/mol. The van der Waals surface area contributed by atoms with Gasteiger partial charge in [-0.05, 0) is 42.7 Å². The average Bonchev–Trinajstić information content (AvgIpc) is 3.18. The number of hydrogen-bond donors (Lipinski definition) is 3. The van der Waals surface area contributed by atoms with Crippen LogP contribution in [-0.2, 0) is 16.1 Å². The molecule has 0 aliphatic heterocycles. The Kier molecular flexibility index (Phi) is 6.07. The highest BCUT2D eigenvalue weighted by Gasteiger charge is 2.44. The Morgan fingerprint density at radius 2 is 1.79 bits per heavy atom. The third-order valence-electron chi connectivity index (χ3n) is 4.67. The second kappa shape index (κ2) is 8.52.